The van der Waals surface area contributed by atoms with Crippen LogP contribution in [0.1, 0.15) is 43.7 Å². The molecule has 2 aromatic rings. The molecule has 1 saturated carbocycles. The van der Waals surface area contributed by atoms with Crippen molar-refractivity contribution in [3.8, 4) is 0 Å². The molecule has 130 valence electrons. The molecule has 1 aliphatic carbocycles. The summed E-state index contributed by atoms with van der Waals surface area (Å²) in [6.07, 6.45) is 6.94. The highest BCUT2D eigenvalue weighted by atomic mass is 16.3. The molecule has 4 N–H and O–H groups in total. The van der Waals surface area contributed by atoms with Crippen LogP contribution in [0.2, 0.25) is 0 Å². The molecular weight excluding hydrogens is 302 g/mol. The number of aliphatic hydroxyl groups excluding tert-OH is 1. The number of aliphatic hydroxyl groups is 1. The third-order valence-electron chi connectivity index (χ3n) is 4.98. The van der Waals surface area contributed by atoms with Crippen molar-refractivity contribution in [2.24, 2.45) is 0 Å². The van der Waals surface area contributed by atoms with E-state index in [1.54, 1.807) is 0 Å². The van der Waals surface area contributed by atoms with Crippen molar-refractivity contribution >= 4 is 16.9 Å². The Morgan fingerprint density at radius 1 is 1.25 bits per heavy atom. The summed E-state index contributed by atoms with van der Waals surface area (Å²) in [7, 11) is 0. The van der Waals surface area contributed by atoms with E-state index in [0.717, 1.165) is 38.5 Å². The molecule has 2 amide bonds. The van der Waals surface area contributed by atoms with Crippen molar-refractivity contribution in [2.45, 2.75) is 57.6 Å². The van der Waals surface area contributed by atoms with Gasteiger partial charge in [0.05, 0.1) is 6.10 Å². The Morgan fingerprint density at radius 3 is 2.79 bits per heavy atom. The normalized spacial score (nSPS) is 20.9. The number of aryl methyl sites for hydroxylation is 1. The summed E-state index contributed by atoms with van der Waals surface area (Å²) >= 11 is 0. The highest BCUT2D eigenvalue weighted by molar-refractivity contribution is 5.86. The van der Waals surface area contributed by atoms with Gasteiger partial charge in [-0.15, -0.1) is 0 Å². The number of rotatable bonds is 5. The van der Waals surface area contributed by atoms with E-state index in [1.165, 1.54) is 22.0 Å². The van der Waals surface area contributed by atoms with E-state index < -0.39 is 0 Å². The lowest BCUT2D eigenvalue weighted by Crippen LogP contribution is -2.44. The summed E-state index contributed by atoms with van der Waals surface area (Å²) < 4.78 is 0. The number of carbonyl (C=O) groups excluding carboxylic acids is 1. The largest absolute Gasteiger partial charge is 0.393 e. The molecule has 5 heteroatoms. The molecule has 24 heavy (non-hydrogen) atoms. The predicted octanol–water partition coefficient (Wildman–Crippen LogP) is 2.88. The van der Waals surface area contributed by atoms with Gasteiger partial charge in [0, 0.05) is 29.7 Å². The van der Waals surface area contributed by atoms with Gasteiger partial charge in [-0.2, -0.15) is 0 Å². The first-order valence-corrected chi connectivity index (χ1v) is 8.97. The van der Waals surface area contributed by atoms with Gasteiger partial charge in [-0.25, -0.2) is 4.79 Å². The van der Waals surface area contributed by atoms with Crippen LogP contribution in [0.3, 0.4) is 0 Å². The van der Waals surface area contributed by atoms with Crippen LogP contribution in [0.4, 0.5) is 4.79 Å². The van der Waals surface area contributed by atoms with Crippen LogP contribution >= 0.6 is 0 Å². The van der Waals surface area contributed by atoms with Crippen LogP contribution in [0.5, 0.6) is 0 Å². The van der Waals surface area contributed by atoms with Crippen LogP contribution in [-0.4, -0.2) is 34.8 Å². The second-order valence-corrected chi connectivity index (χ2v) is 6.66. The van der Waals surface area contributed by atoms with Crippen molar-refractivity contribution in [3.63, 3.8) is 0 Å². The number of aromatic amines is 1. The maximum atomic E-state index is 12.0. The first kappa shape index (κ1) is 16.8. The van der Waals surface area contributed by atoms with E-state index >= 15 is 0 Å². The molecule has 0 saturated heterocycles. The maximum absolute atomic E-state index is 12.0. The molecule has 5 nitrogen and oxygen atoms in total. The lowest BCUT2D eigenvalue weighted by Gasteiger charge is -2.26. The van der Waals surface area contributed by atoms with Crippen LogP contribution in [-0.2, 0) is 12.8 Å². The number of amides is 2. The van der Waals surface area contributed by atoms with Gasteiger partial charge in [0.1, 0.15) is 0 Å². The third kappa shape index (κ3) is 3.90. The molecule has 1 heterocycles. The van der Waals surface area contributed by atoms with Gasteiger partial charge in [0.15, 0.2) is 0 Å². The average Bonchev–Trinajstić information content (AvgIpc) is 3.00. The lowest BCUT2D eigenvalue weighted by molar-refractivity contribution is 0.117. The SMILES string of the molecule is CCc1cccc2c(CCNC(=O)NC3CCC(O)CC3)c[nH]c12. The standard InChI is InChI=1S/C19H27N3O2/c1-2-13-4-3-5-17-14(12-21-18(13)17)10-11-20-19(24)22-15-6-8-16(23)9-7-15/h3-5,12,15-16,21,23H,2,6-11H2,1H3,(H2,20,22,24). The number of benzene rings is 1. The molecule has 0 radical (unpaired) electrons. The highest BCUT2D eigenvalue weighted by Gasteiger charge is 2.20. The lowest BCUT2D eigenvalue weighted by atomic mass is 9.93. The number of urea groups is 1. The van der Waals surface area contributed by atoms with Crippen molar-refractivity contribution < 1.29 is 9.90 Å². The van der Waals surface area contributed by atoms with Crippen LogP contribution in [0.15, 0.2) is 24.4 Å². The van der Waals surface area contributed by atoms with Gasteiger partial charge >= 0.3 is 6.03 Å². The molecule has 1 aromatic carbocycles. The number of fused-ring (bicyclic) bond motifs is 1. The van der Waals surface area contributed by atoms with E-state index in [2.05, 4.69) is 40.7 Å². The van der Waals surface area contributed by atoms with Gasteiger partial charge in [0.2, 0.25) is 0 Å². The van der Waals surface area contributed by atoms with Crippen molar-refractivity contribution in [3.05, 3.63) is 35.5 Å². The summed E-state index contributed by atoms with van der Waals surface area (Å²) in [5.41, 5.74) is 3.77. The molecule has 0 spiro atoms. The van der Waals surface area contributed by atoms with Gasteiger partial charge in [-0.3, -0.25) is 0 Å². The molecule has 1 aliphatic rings. The summed E-state index contributed by atoms with van der Waals surface area (Å²) in [5, 5.41) is 16.7. The fourth-order valence-corrected chi connectivity index (χ4v) is 3.54. The minimum Gasteiger partial charge on any atom is -0.393 e. The zero-order chi connectivity index (χ0) is 16.9. The molecule has 0 unspecified atom stereocenters. The number of carbonyl (C=O) groups is 1. The van der Waals surface area contributed by atoms with E-state index in [4.69, 9.17) is 0 Å². The number of aromatic nitrogens is 1. The quantitative estimate of drug-likeness (QED) is 0.681. The molecule has 0 aliphatic heterocycles. The van der Waals surface area contributed by atoms with Gasteiger partial charge < -0.3 is 20.7 Å². The third-order valence-corrected chi connectivity index (χ3v) is 4.98. The first-order valence-electron chi connectivity index (χ1n) is 8.97. The zero-order valence-corrected chi connectivity index (χ0v) is 14.3. The van der Waals surface area contributed by atoms with Gasteiger partial charge in [0.25, 0.3) is 0 Å². The fourth-order valence-electron chi connectivity index (χ4n) is 3.54. The van der Waals surface area contributed by atoms with Crippen molar-refractivity contribution in [1.29, 1.82) is 0 Å². The molecule has 0 bridgehead atoms. The number of nitrogens with one attached hydrogen (secondary N) is 3. The van der Waals surface area contributed by atoms with Gasteiger partial charge in [-0.1, -0.05) is 25.1 Å². The number of H-pyrrole nitrogens is 1. The molecular formula is C19H27N3O2. The fraction of sp³-hybridized carbons (Fsp3) is 0.526. The van der Waals surface area contributed by atoms with E-state index in [1.807, 2.05) is 6.20 Å². The summed E-state index contributed by atoms with van der Waals surface area (Å²) in [6, 6.07) is 6.46. The second-order valence-electron chi connectivity index (χ2n) is 6.66. The minimum absolute atomic E-state index is 0.106. The number of hydrogen-bond acceptors (Lipinski definition) is 2. The van der Waals surface area contributed by atoms with Crippen LogP contribution < -0.4 is 10.6 Å². The Morgan fingerprint density at radius 2 is 2.04 bits per heavy atom. The Bertz CT molecular complexity index is 687. The Balaban J connectivity index is 1.49. The van der Waals surface area contributed by atoms with Crippen LogP contribution in [0, 0.1) is 0 Å². The van der Waals surface area contributed by atoms with Gasteiger partial charge in [-0.05, 0) is 49.7 Å². The van der Waals surface area contributed by atoms with E-state index in [-0.39, 0.29) is 18.2 Å². The zero-order valence-electron chi connectivity index (χ0n) is 14.3. The van der Waals surface area contributed by atoms with E-state index in [9.17, 15) is 9.90 Å². The first-order chi connectivity index (χ1) is 11.7. The second kappa shape index (κ2) is 7.71. The Hall–Kier alpha value is -2.01. The topological polar surface area (TPSA) is 77.2 Å². The Kier molecular flexibility index (Phi) is 5.41. The molecule has 1 aromatic heterocycles. The summed E-state index contributed by atoms with van der Waals surface area (Å²) in [5.74, 6) is 0. The number of para-hydroxylation sites is 1. The van der Waals surface area contributed by atoms with Crippen LogP contribution in [0.25, 0.3) is 10.9 Å². The summed E-state index contributed by atoms with van der Waals surface area (Å²) in [4.78, 5) is 15.4. The molecule has 3 rings (SSSR count). The highest BCUT2D eigenvalue weighted by Crippen LogP contribution is 2.22. The Labute approximate surface area is 142 Å². The smallest absolute Gasteiger partial charge is 0.315 e. The monoisotopic (exact) mass is 329 g/mol. The average molecular weight is 329 g/mol. The minimum atomic E-state index is -0.194. The van der Waals surface area contributed by atoms with Crippen molar-refractivity contribution in [2.75, 3.05) is 6.54 Å². The van der Waals surface area contributed by atoms with E-state index in [0.29, 0.717) is 6.54 Å². The maximum Gasteiger partial charge on any atom is 0.315 e. The summed E-state index contributed by atoms with van der Waals surface area (Å²) in [6.45, 7) is 2.77. The van der Waals surface area contributed by atoms with Crippen molar-refractivity contribution in [1.82, 2.24) is 15.6 Å². The number of hydrogen-bond donors (Lipinski definition) is 4. The molecule has 0 atom stereocenters. The predicted molar refractivity (Wildman–Crippen MR) is 96.2 cm³/mol. The molecule has 1 fully saturated rings.